The molecular weight excluding hydrogens is 342 g/mol. The van der Waals surface area contributed by atoms with Gasteiger partial charge in [-0.1, -0.05) is 25.3 Å². The van der Waals surface area contributed by atoms with Gasteiger partial charge in [0.2, 0.25) is 11.8 Å². The normalized spacial score (nSPS) is 15.7. The lowest BCUT2D eigenvalue weighted by atomic mass is 9.84. The van der Waals surface area contributed by atoms with Crippen LogP contribution in [0.2, 0.25) is 0 Å². The summed E-state index contributed by atoms with van der Waals surface area (Å²) in [7, 11) is 0. The number of hydrogen-bond donors (Lipinski definition) is 3. The Morgan fingerprint density at radius 2 is 1.96 bits per heavy atom. The molecule has 2 rings (SSSR count). The average Bonchev–Trinajstić information content (AvgIpc) is 2.60. The minimum absolute atomic E-state index is 0. The van der Waals surface area contributed by atoms with E-state index in [1.807, 2.05) is 0 Å². The van der Waals surface area contributed by atoms with Gasteiger partial charge in [-0.05, 0) is 37.0 Å². The Labute approximate surface area is 155 Å². The summed E-state index contributed by atoms with van der Waals surface area (Å²) in [4.78, 5) is 23.2. The minimum atomic E-state index is -0.503. The molecule has 1 atom stereocenters. The first-order valence-electron chi connectivity index (χ1n) is 8.62. The molecule has 1 aliphatic rings. The maximum atomic E-state index is 12.1. The van der Waals surface area contributed by atoms with Crippen LogP contribution >= 0.6 is 12.4 Å². The van der Waals surface area contributed by atoms with Crippen LogP contribution in [-0.2, 0) is 4.79 Å². The van der Waals surface area contributed by atoms with Crippen molar-refractivity contribution in [3.8, 4) is 5.75 Å². The number of nitrogens with one attached hydrogen (secondary N) is 1. The molecule has 1 fully saturated rings. The predicted molar refractivity (Wildman–Crippen MR) is 99.9 cm³/mol. The quantitative estimate of drug-likeness (QED) is 0.651. The van der Waals surface area contributed by atoms with Crippen molar-refractivity contribution in [1.29, 1.82) is 0 Å². The first kappa shape index (κ1) is 21.3. The molecule has 1 unspecified atom stereocenters. The Kier molecular flexibility index (Phi) is 9.31. The highest BCUT2D eigenvalue weighted by Crippen LogP contribution is 2.26. The van der Waals surface area contributed by atoms with Crippen molar-refractivity contribution in [2.75, 3.05) is 13.2 Å². The van der Waals surface area contributed by atoms with E-state index in [0.717, 1.165) is 12.8 Å². The van der Waals surface area contributed by atoms with Gasteiger partial charge in [0.25, 0.3) is 0 Å². The lowest BCUT2D eigenvalue weighted by Crippen LogP contribution is -2.46. The second-order valence-electron chi connectivity index (χ2n) is 6.30. The fraction of sp³-hybridized carbons (Fsp3) is 0.556. The summed E-state index contributed by atoms with van der Waals surface area (Å²) in [6.07, 6.45) is 6.24. The van der Waals surface area contributed by atoms with Crippen molar-refractivity contribution >= 4 is 24.2 Å². The van der Waals surface area contributed by atoms with Gasteiger partial charge in [0.05, 0.1) is 13.0 Å². The van der Waals surface area contributed by atoms with Crippen LogP contribution in [0.4, 0.5) is 0 Å². The fourth-order valence-corrected chi connectivity index (χ4v) is 3.19. The zero-order valence-corrected chi connectivity index (χ0v) is 15.2. The Bertz CT molecular complexity index is 562. The molecule has 25 heavy (non-hydrogen) atoms. The van der Waals surface area contributed by atoms with E-state index in [-0.39, 0.29) is 37.4 Å². The first-order chi connectivity index (χ1) is 11.6. The Hall–Kier alpha value is -1.79. The third-order valence-electron chi connectivity index (χ3n) is 4.54. The molecule has 1 aromatic carbocycles. The summed E-state index contributed by atoms with van der Waals surface area (Å²) >= 11 is 0. The maximum Gasteiger partial charge on any atom is 0.248 e. The monoisotopic (exact) mass is 369 g/mol. The van der Waals surface area contributed by atoms with Gasteiger partial charge in [0.15, 0.2) is 0 Å². The number of ether oxygens (including phenoxy) is 1. The Morgan fingerprint density at radius 3 is 2.60 bits per heavy atom. The summed E-state index contributed by atoms with van der Waals surface area (Å²) in [5, 5.41) is 3.03. The molecule has 2 amide bonds. The van der Waals surface area contributed by atoms with Gasteiger partial charge < -0.3 is 21.5 Å². The van der Waals surface area contributed by atoms with E-state index in [2.05, 4.69) is 5.32 Å². The molecule has 0 saturated heterocycles. The van der Waals surface area contributed by atoms with Gasteiger partial charge in [-0.3, -0.25) is 9.59 Å². The van der Waals surface area contributed by atoms with E-state index in [9.17, 15) is 9.59 Å². The van der Waals surface area contributed by atoms with E-state index < -0.39 is 5.91 Å². The largest absolute Gasteiger partial charge is 0.493 e. The molecule has 7 heteroatoms. The minimum Gasteiger partial charge on any atom is -0.493 e. The lowest BCUT2D eigenvalue weighted by Gasteiger charge is -2.30. The molecule has 0 radical (unpaired) electrons. The second kappa shape index (κ2) is 10.9. The summed E-state index contributed by atoms with van der Waals surface area (Å²) in [5.41, 5.74) is 11.4. The summed E-state index contributed by atoms with van der Waals surface area (Å²) in [6, 6.07) is 6.68. The van der Waals surface area contributed by atoms with Gasteiger partial charge in [0.1, 0.15) is 5.75 Å². The average molecular weight is 370 g/mol. The number of carbonyl (C=O) groups excluding carboxylic acids is 2. The van der Waals surface area contributed by atoms with Gasteiger partial charge in [-0.15, -0.1) is 12.4 Å². The lowest BCUT2D eigenvalue weighted by molar-refractivity contribution is -0.122. The zero-order valence-electron chi connectivity index (χ0n) is 14.4. The van der Waals surface area contributed by atoms with Crippen molar-refractivity contribution in [3.05, 3.63) is 29.8 Å². The number of benzene rings is 1. The third-order valence-corrected chi connectivity index (χ3v) is 4.54. The summed E-state index contributed by atoms with van der Waals surface area (Å²) < 4.78 is 5.53. The molecular formula is C18H28ClN3O3. The molecule has 0 heterocycles. The maximum absolute atomic E-state index is 12.1. The van der Waals surface area contributed by atoms with Gasteiger partial charge in [0, 0.05) is 18.2 Å². The molecule has 0 aromatic heterocycles. The number of hydrogen-bond acceptors (Lipinski definition) is 4. The van der Waals surface area contributed by atoms with Crippen molar-refractivity contribution in [3.63, 3.8) is 0 Å². The first-order valence-corrected chi connectivity index (χ1v) is 8.62. The number of primary amides is 1. The zero-order chi connectivity index (χ0) is 17.4. The molecule has 1 aromatic rings. The van der Waals surface area contributed by atoms with Crippen LogP contribution in [0.1, 0.15) is 48.9 Å². The van der Waals surface area contributed by atoms with Crippen LogP contribution in [0, 0.1) is 5.92 Å². The molecule has 6 nitrogen and oxygen atoms in total. The molecule has 0 bridgehead atoms. The number of nitrogens with two attached hydrogens (primary N) is 2. The smallest absolute Gasteiger partial charge is 0.248 e. The molecule has 1 aliphatic carbocycles. The summed E-state index contributed by atoms with van der Waals surface area (Å²) in [6.45, 7) is 0.716. The topological polar surface area (TPSA) is 107 Å². The fourth-order valence-electron chi connectivity index (χ4n) is 3.19. The van der Waals surface area contributed by atoms with Crippen molar-refractivity contribution in [2.45, 2.75) is 44.6 Å². The van der Waals surface area contributed by atoms with Gasteiger partial charge in [-0.2, -0.15) is 0 Å². The molecule has 1 saturated carbocycles. The highest BCUT2D eigenvalue weighted by Gasteiger charge is 2.23. The van der Waals surface area contributed by atoms with Crippen molar-refractivity contribution in [1.82, 2.24) is 5.32 Å². The van der Waals surface area contributed by atoms with Crippen molar-refractivity contribution < 1.29 is 14.3 Å². The standard InChI is InChI=1S/C18H27N3O3.ClH/c19-12-16(13-5-2-1-3-6-13)21-17(22)9-10-24-15-8-4-7-14(11-15)18(20)23;/h4,7-8,11,13,16H,1-3,5-6,9-10,12,19H2,(H2,20,23)(H,21,22);1H. The van der Waals surface area contributed by atoms with Gasteiger partial charge in [-0.25, -0.2) is 0 Å². The molecule has 0 spiro atoms. The SMILES string of the molecule is Cl.NCC(NC(=O)CCOc1cccc(C(N)=O)c1)C1CCCCC1. The molecule has 5 N–H and O–H groups in total. The molecule has 140 valence electrons. The van der Waals surface area contributed by atoms with Crippen LogP contribution in [0.25, 0.3) is 0 Å². The van der Waals surface area contributed by atoms with E-state index in [4.69, 9.17) is 16.2 Å². The van der Waals surface area contributed by atoms with E-state index in [1.165, 1.54) is 19.3 Å². The number of amides is 2. The van der Waals surface area contributed by atoms with E-state index >= 15 is 0 Å². The van der Waals surface area contributed by atoms with Crippen LogP contribution < -0.4 is 21.5 Å². The Balaban J connectivity index is 0.00000312. The number of rotatable bonds is 8. The summed E-state index contributed by atoms with van der Waals surface area (Å²) in [5.74, 6) is 0.459. The molecule has 0 aliphatic heterocycles. The second-order valence-corrected chi connectivity index (χ2v) is 6.30. The van der Waals surface area contributed by atoms with Crippen molar-refractivity contribution in [2.24, 2.45) is 17.4 Å². The highest BCUT2D eigenvalue weighted by molar-refractivity contribution is 5.93. The third kappa shape index (κ3) is 6.92. The van der Waals surface area contributed by atoms with E-state index in [1.54, 1.807) is 24.3 Å². The number of halogens is 1. The highest BCUT2D eigenvalue weighted by atomic mass is 35.5. The predicted octanol–water partition coefficient (Wildman–Crippen LogP) is 2.00. The Morgan fingerprint density at radius 1 is 1.24 bits per heavy atom. The van der Waals surface area contributed by atoms with Crippen LogP contribution in [-0.4, -0.2) is 31.0 Å². The van der Waals surface area contributed by atoms with Gasteiger partial charge >= 0.3 is 0 Å². The van der Waals surface area contributed by atoms with E-state index in [0.29, 0.717) is 23.8 Å². The van der Waals surface area contributed by atoms with Crippen LogP contribution in [0.3, 0.4) is 0 Å². The van der Waals surface area contributed by atoms with Crippen LogP contribution in [0.15, 0.2) is 24.3 Å². The number of carbonyl (C=O) groups is 2. The van der Waals surface area contributed by atoms with Crippen LogP contribution in [0.5, 0.6) is 5.75 Å².